The topological polar surface area (TPSA) is 78.4 Å². The highest BCUT2D eigenvalue weighted by Crippen LogP contribution is 2.48. The van der Waals surface area contributed by atoms with Crippen molar-refractivity contribution in [2.75, 3.05) is 6.54 Å². The molecule has 0 saturated heterocycles. The molecule has 0 aromatic rings. The molecular weight excluding hydrogens is 289 g/mol. The van der Waals surface area contributed by atoms with Crippen molar-refractivity contribution >= 4 is 12.0 Å². The van der Waals surface area contributed by atoms with E-state index in [0.717, 1.165) is 0 Å². The number of urea groups is 1. The smallest absolute Gasteiger partial charge is 0.411 e. The van der Waals surface area contributed by atoms with Crippen molar-refractivity contribution in [3.8, 4) is 0 Å². The fourth-order valence-corrected chi connectivity index (χ4v) is 1.95. The number of carbonyl (C=O) groups excluding carboxylic acids is 1. The van der Waals surface area contributed by atoms with Crippen molar-refractivity contribution in [3.05, 3.63) is 0 Å². The molecule has 0 spiro atoms. The van der Waals surface area contributed by atoms with Crippen molar-refractivity contribution in [1.29, 1.82) is 0 Å². The van der Waals surface area contributed by atoms with E-state index in [1.54, 1.807) is 0 Å². The standard InChI is InChI=1S/C13H21F3N2O3/c1-11(2,4-3-9(19)20)7-8-17-10(21)18-12(5-6-12)13(14,15)16/h3-8H2,1-2H3,(H,19,20)(H2,17,18,21). The number of rotatable bonds is 7. The molecule has 2 amide bonds. The van der Waals surface area contributed by atoms with Crippen molar-refractivity contribution < 1.29 is 27.9 Å². The Morgan fingerprint density at radius 3 is 2.19 bits per heavy atom. The van der Waals surface area contributed by atoms with Gasteiger partial charge in [-0.25, -0.2) is 4.79 Å². The lowest BCUT2D eigenvalue weighted by atomic mass is 9.84. The lowest BCUT2D eigenvalue weighted by Gasteiger charge is -2.25. The third-order valence-electron chi connectivity index (χ3n) is 3.75. The van der Waals surface area contributed by atoms with Crippen molar-refractivity contribution in [2.45, 2.75) is 57.7 Å². The van der Waals surface area contributed by atoms with Gasteiger partial charge in [0, 0.05) is 13.0 Å². The molecule has 0 bridgehead atoms. The first kappa shape index (κ1) is 17.6. The van der Waals surface area contributed by atoms with Crippen LogP contribution in [0.1, 0.15) is 46.0 Å². The summed E-state index contributed by atoms with van der Waals surface area (Å²) in [6.07, 6.45) is -3.64. The van der Waals surface area contributed by atoms with Crippen molar-refractivity contribution in [3.63, 3.8) is 0 Å². The second kappa shape index (κ2) is 6.11. The first-order valence-corrected chi connectivity index (χ1v) is 6.82. The summed E-state index contributed by atoms with van der Waals surface area (Å²) < 4.78 is 37.9. The van der Waals surface area contributed by atoms with Crippen LogP contribution in [0.5, 0.6) is 0 Å². The molecule has 1 rings (SSSR count). The minimum Gasteiger partial charge on any atom is -0.481 e. The largest absolute Gasteiger partial charge is 0.481 e. The number of amides is 2. The molecule has 3 N–H and O–H groups in total. The molecule has 0 atom stereocenters. The van der Waals surface area contributed by atoms with E-state index in [4.69, 9.17) is 5.11 Å². The number of hydrogen-bond donors (Lipinski definition) is 3. The second-order valence-corrected chi connectivity index (χ2v) is 6.27. The summed E-state index contributed by atoms with van der Waals surface area (Å²) in [4.78, 5) is 22.0. The van der Waals surface area contributed by atoms with Gasteiger partial charge in [-0.2, -0.15) is 13.2 Å². The zero-order chi connectivity index (χ0) is 16.3. The van der Waals surface area contributed by atoms with Crippen LogP contribution in [-0.2, 0) is 4.79 Å². The van der Waals surface area contributed by atoms with Gasteiger partial charge < -0.3 is 15.7 Å². The molecule has 1 aliphatic rings. The Bertz CT molecular complexity index is 404. The summed E-state index contributed by atoms with van der Waals surface area (Å²) in [6, 6.07) is -0.834. The molecule has 1 fully saturated rings. The van der Waals surface area contributed by atoms with E-state index in [1.165, 1.54) is 0 Å². The van der Waals surface area contributed by atoms with Gasteiger partial charge in [0.25, 0.3) is 0 Å². The van der Waals surface area contributed by atoms with Crippen LogP contribution < -0.4 is 10.6 Å². The summed E-state index contributed by atoms with van der Waals surface area (Å²) in [7, 11) is 0. The number of nitrogens with one attached hydrogen (secondary N) is 2. The van der Waals surface area contributed by atoms with Gasteiger partial charge in [-0.05, 0) is 31.1 Å². The normalized spacial score (nSPS) is 17.2. The van der Waals surface area contributed by atoms with Crippen molar-refractivity contribution in [1.82, 2.24) is 10.6 Å². The summed E-state index contributed by atoms with van der Waals surface area (Å²) in [5.41, 5.74) is -2.36. The molecule has 5 nitrogen and oxygen atoms in total. The van der Waals surface area contributed by atoms with Gasteiger partial charge in [0.15, 0.2) is 0 Å². The summed E-state index contributed by atoms with van der Waals surface area (Å²) >= 11 is 0. The van der Waals surface area contributed by atoms with Crippen molar-refractivity contribution in [2.24, 2.45) is 5.41 Å². The first-order chi connectivity index (χ1) is 9.47. The van der Waals surface area contributed by atoms with Crippen LogP contribution in [-0.4, -0.2) is 35.4 Å². The molecule has 0 radical (unpaired) electrons. The average Bonchev–Trinajstić information content (AvgIpc) is 3.06. The maximum absolute atomic E-state index is 12.6. The van der Waals surface area contributed by atoms with Gasteiger partial charge in [-0.15, -0.1) is 0 Å². The van der Waals surface area contributed by atoms with E-state index in [9.17, 15) is 22.8 Å². The van der Waals surface area contributed by atoms with Crippen LogP contribution in [0.2, 0.25) is 0 Å². The van der Waals surface area contributed by atoms with E-state index in [0.29, 0.717) is 12.8 Å². The zero-order valence-corrected chi connectivity index (χ0v) is 12.1. The highest BCUT2D eigenvalue weighted by atomic mass is 19.4. The molecule has 0 aromatic heterocycles. The lowest BCUT2D eigenvalue weighted by molar-refractivity contribution is -0.162. The fourth-order valence-electron chi connectivity index (χ4n) is 1.95. The zero-order valence-electron chi connectivity index (χ0n) is 12.1. The third-order valence-corrected chi connectivity index (χ3v) is 3.75. The number of carbonyl (C=O) groups is 2. The summed E-state index contributed by atoms with van der Waals surface area (Å²) in [5, 5.41) is 13.0. The summed E-state index contributed by atoms with van der Waals surface area (Å²) in [5.74, 6) is -0.894. The molecule has 122 valence electrons. The minimum absolute atomic E-state index is 0.0242. The predicted molar refractivity (Wildman–Crippen MR) is 69.8 cm³/mol. The molecular formula is C13H21F3N2O3. The van der Waals surface area contributed by atoms with Gasteiger partial charge in [0.05, 0.1) is 0 Å². The maximum atomic E-state index is 12.6. The SMILES string of the molecule is CC(C)(CCNC(=O)NC1(C(F)(F)F)CC1)CCC(=O)O. The molecule has 0 aliphatic heterocycles. The van der Waals surface area contributed by atoms with Crippen LogP contribution in [0.15, 0.2) is 0 Å². The molecule has 0 aromatic carbocycles. The monoisotopic (exact) mass is 310 g/mol. The number of carboxylic acids is 1. The van der Waals surface area contributed by atoms with E-state index >= 15 is 0 Å². The lowest BCUT2D eigenvalue weighted by Crippen LogP contribution is -2.51. The van der Waals surface area contributed by atoms with Crippen LogP contribution in [0.25, 0.3) is 0 Å². The Labute approximate surface area is 121 Å². The minimum atomic E-state index is -4.43. The Kier molecular flexibility index (Phi) is 5.11. The number of halogens is 3. The highest BCUT2D eigenvalue weighted by Gasteiger charge is 2.64. The molecule has 0 heterocycles. The van der Waals surface area contributed by atoms with Crippen LogP contribution >= 0.6 is 0 Å². The Morgan fingerprint density at radius 2 is 1.76 bits per heavy atom. The number of carboxylic acid groups (broad SMARTS) is 1. The number of alkyl halides is 3. The van der Waals surface area contributed by atoms with Gasteiger partial charge in [-0.3, -0.25) is 4.79 Å². The summed E-state index contributed by atoms with van der Waals surface area (Å²) in [6.45, 7) is 3.91. The fraction of sp³-hybridized carbons (Fsp3) is 0.846. The van der Waals surface area contributed by atoms with Gasteiger partial charge >= 0.3 is 18.2 Å². The quantitative estimate of drug-likeness (QED) is 0.676. The van der Waals surface area contributed by atoms with Gasteiger partial charge in [-0.1, -0.05) is 13.8 Å². The molecule has 8 heteroatoms. The second-order valence-electron chi connectivity index (χ2n) is 6.27. The number of aliphatic carboxylic acids is 1. The molecule has 21 heavy (non-hydrogen) atoms. The van der Waals surface area contributed by atoms with E-state index in [2.05, 4.69) is 5.32 Å². The van der Waals surface area contributed by atoms with E-state index in [-0.39, 0.29) is 31.2 Å². The third kappa shape index (κ3) is 5.43. The van der Waals surface area contributed by atoms with Gasteiger partial charge in [0.1, 0.15) is 5.54 Å². The molecule has 1 aliphatic carbocycles. The van der Waals surface area contributed by atoms with E-state index < -0.39 is 23.7 Å². The Balaban J connectivity index is 2.29. The average molecular weight is 310 g/mol. The highest BCUT2D eigenvalue weighted by molar-refractivity contribution is 5.75. The van der Waals surface area contributed by atoms with Crippen LogP contribution in [0.4, 0.5) is 18.0 Å². The van der Waals surface area contributed by atoms with E-state index in [1.807, 2.05) is 19.2 Å². The predicted octanol–water partition coefficient (Wildman–Crippen LogP) is 2.66. The van der Waals surface area contributed by atoms with Crippen LogP contribution in [0.3, 0.4) is 0 Å². The molecule has 1 saturated carbocycles. The Morgan fingerprint density at radius 1 is 1.19 bits per heavy atom. The van der Waals surface area contributed by atoms with Crippen LogP contribution in [0, 0.1) is 5.41 Å². The maximum Gasteiger partial charge on any atom is 0.411 e. The Hall–Kier alpha value is -1.47. The number of hydrogen-bond acceptors (Lipinski definition) is 2. The van der Waals surface area contributed by atoms with Gasteiger partial charge in [0.2, 0.25) is 0 Å². The molecule has 0 unspecified atom stereocenters. The first-order valence-electron chi connectivity index (χ1n) is 6.82.